The van der Waals surface area contributed by atoms with E-state index < -0.39 is 0 Å². The summed E-state index contributed by atoms with van der Waals surface area (Å²) in [5, 5.41) is 9.04. The SMILES string of the molecule is CCC(CO)C(N)(CC)CC. The topological polar surface area (TPSA) is 46.2 Å². The third-order valence-corrected chi connectivity index (χ3v) is 2.84. The Bertz CT molecular complexity index is 95.7. The maximum absolute atomic E-state index is 9.04. The van der Waals surface area contributed by atoms with E-state index in [4.69, 9.17) is 10.8 Å². The molecule has 0 aliphatic heterocycles. The average molecular weight is 159 g/mol. The van der Waals surface area contributed by atoms with Gasteiger partial charge < -0.3 is 10.8 Å². The maximum atomic E-state index is 9.04. The minimum atomic E-state index is -0.149. The van der Waals surface area contributed by atoms with E-state index in [2.05, 4.69) is 20.8 Å². The number of aliphatic hydroxyl groups excluding tert-OH is 1. The fraction of sp³-hybridized carbons (Fsp3) is 1.00. The summed E-state index contributed by atoms with van der Waals surface area (Å²) in [5.74, 6) is 0.262. The van der Waals surface area contributed by atoms with Gasteiger partial charge in [-0.25, -0.2) is 0 Å². The molecular formula is C9H21NO. The monoisotopic (exact) mass is 159 g/mol. The van der Waals surface area contributed by atoms with Gasteiger partial charge in [-0.2, -0.15) is 0 Å². The summed E-state index contributed by atoms with van der Waals surface area (Å²) in [4.78, 5) is 0. The number of aliphatic hydroxyl groups is 1. The largest absolute Gasteiger partial charge is 0.396 e. The van der Waals surface area contributed by atoms with Crippen LogP contribution in [-0.4, -0.2) is 17.3 Å². The zero-order valence-corrected chi connectivity index (χ0v) is 7.93. The lowest BCUT2D eigenvalue weighted by molar-refractivity contribution is 0.139. The Labute approximate surface area is 69.8 Å². The van der Waals surface area contributed by atoms with Gasteiger partial charge in [-0.1, -0.05) is 20.8 Å². The first kappa shape index (κ1) is 10.9. The molecule has 1 atom stereocenters. The third-order valence-electron chi connectivity index (χ3n) is 2.84. The van der Waals surface area contributed by atoms with Crippen molar-refractivity contribution in [3.63, 3.8) is 0 Å². The number of hydrogen-bond donors (Lipinski definition) is 2. The zero-order chi connectivity index (χ0) is 8.91. The van der Waals surface area contributed by atoms with Crippen LogP contribution in [0, 0.1) is 5.92 Å². The lowest BCUT2D eigenvalue weighted by Crippen LogP contribution is -2.47. The van der Waals surface area contributed by atoms with Crippen molar-refractivity contribution in [2.45, 2.75) is 45.6 Å². The second kappa shape index (κ2) is 4.73. The lowest BCUT2D eigenvalue weighted by Gasteiger charge is -2.34. The van der Waals surface area contributed by atoms with E-state index >= 15 is 0 Å². The van der Waals surface area contributed by atoms with Crippen LogP contribution in [0.4, 0.5) is 0 Å². The van der Waals surface area contributed by atoms with E-state index in [1.54, 1.807) is 0 Å². The van der Waals surface area contributed by atoms with Gasteiger partial charge in [-0.15, -0.1) is 0 Å². The molecule has 11 heavy (non-hydrogen) atoms. The predicted molar refractivity (Wildman–Crippen MR) is 48.4 cm³/mol. The quantitative estimate of drug-likeness (QED) is 0.639. The highest BCUT2D eigenvalue weighted by atomic mass is 16.3. The Morgan fingerprint density at radius 3 is 1.82 bits per heavy atom. The van der Waals surface area contributed by atoms with Crippen molar-refractivity contribution >= 4 is 0 Å². The summed E-state index contributed by atoms with van der Waals surface area (Å²) in [7, 11) is 0. The summed E-state index contributed by atoms with van der Waals surface area (Å²) in [6, 6.07) is 0. The van der Waals surface area contributed by atoms with E-state index in [-0.39, 0.29) is 18.1 Å². The molecule has 0 fully saturated rings. The summed E-state index contributed by atoms with van der Waals surface area (Å²) in [5.41, 5.74) is 5.95. The van der Waals surface area contributed by atoms with Crippen molar-refractivity contribution in [3.05, 3.63) is 0 Å². The molecule has 0 aromatic heterocycles. The number of rotatable bonds is 5. The molecule has 0 heterocycles. The Morgan fingerprint density at radius 2 is 1.73 bits per heavy atom. The first-order chi connectivity index (χ1) is 5.14. The Balaban J connectivity index is 4.19. The van der Waals surface area contributed by atoms with Crippen molar-refractivity contribution in [3.8, 4) is 0 Å². The number of nitrogens with two attached hydrogens (primary N) is 1. The molecule has 2 heteroatoms. The van der Waals surface area contributed by atoms with E-state index in [0.29, 0.717) is 0 Å². The normalized spacial score (nSPS) is 15.0. The fourth-order valence-corrected chi connectivity index (χ4v) is 1.54. The average Bonchev–Trinajstić information content (AvgIpc) is 2.06. The zero-order valence-electron chi connectivity index (χ0n) is 7.93. The summed E-state index contributed by atoms with van der Waals surface area (Å²) in [6.45, 7) is 6.46. The van der Waals surface area contributed by atoms with E-state index in [0.717, 1.165) is 19.3 Å². The Kier molecular flexibility index (Phi) is 4.69. The van der Waals surface area contributed by atoms with Gasteiger partial charge in [0.1, 0.15) is 0 Å². The summed E-state index contributed by atoms with van der Waals surface area (Å²) in [6.07, 6.45) is 2.86. The molecule has 0 rings (SSSR count). The minimum absolute atomic E-state index is 0.149. The van der Waals surface area contributed by atoms with Crippen LogP contribution >= 0.6 is 0 Å². The van der Waals surface area contributed by atoms with Gasteiger partial charge in [0.2, 0.25) is 0 Å². The van der Waals surface area contributed by atoms with Crippen LogP contribution in [0.1, 0.15) is 40.0 Å². The van der Waals surface area contributed by atoms with Crippen LogP contribution in [0.25, 0.3) is 0 Å². The molecule has 2 nitrogen and oxygen atoms in total. The van der Waals surface area contributed by atoms with Crippen LogP contribution in [0.5, 0.6) is 0 Å². The third kappa shape index (κ3) is 2.46. The van der Waals surface area contributed by atoms with Gasteiger partial charge in [0, 0.05) is 12.1 Å². The van der Waals surface area contributed by atoms with Gasteiger partial charge in [0.15, 0.2) is 0 Å². The minimum Gasteiger partial charge on any atom is -0.396 e. The van der Waals surface area contributed by atoms with Crippen molar-refractivity contribution < 1.29 is 5.11 Å². The first-order valence-electron chi connectivity index (χ1n) is 4.54. The second-order valence-corrected chi connectivity index (χ2v) is 3.23. The van der Waals surface area contributed by atoms with Crippen LogP contribution in [-0.2, 0) is 0 Å². The molecule has 0 bridgehead atoms. The van der Waals surface area contributed by atoms with Crippen molar-refractivity contribution in [2.24, 2.45) is 11.7 Å². The molecule has 0 aromatic carbocycles. The summed E-state index contributed by atoms with van der Waals surface area (Å²) >= 11 is 0. The van der Waals surface area contributed by atoms with Gasteiger partial charge in [0.05, 0.1) is 0 Å². The molecule has 0 saturated heterocycles. The van der Waals surface area contributed by atoms with Crippen molar-refractivity contribution in [1.82, 2.24) is 0 Å². The maximum Gasteiger partial charge on any atom is 0.0476 e. The second-order valence-electron chi connectivity index (χ2n) is 3.23. The molecule has 0 radical (unpaired) electrons. The summed E-state index contributed by atoms with van der Waals surface area (Å²) < 4.78 is 0. The molecule has 0 spiro atoms. The molecule has 0 aliphatic rings. The standard InChI is InChI=1S/C9H21NO/c1-4-8(7-11)9(10,5-2)6-3/h8,11H,4-7,10H2,1-3H3. The van der Waals surface area contributed by atoms with Crippen LogP contribution in [0.2, 0.25) is 0 Å². The van der Waals surface area contributed by atoms with Crippen LogP contribution in [0.3, 0.4) is 0 Å². The molecule has 68 valence electrons. The lowest BCUT2D eigenvalue weighted by atomic mass is 9.79. The molecule has 0 aliphatic carbocycles. The van der Waals surface area contributed by atoms with Gasteiger partial charge in [-0.3, -0.25) is 0 Å². The first-order valence-corrected chi connectivity index (χ1v) is 4.54. The Morgan fingerprint density at radius 1 is 1.27 bits per heavy atom. The highest BCUT2D eigenvalue weighted by Gasteiger charge is 2.29. The fourth-order valence-electron chi connectivity index (χ4n) is 1.54. The van der Waals surface area contributed by atoms with Gasteiger partial charge >= 0.3 is 0 Å². The van der Waals surface area contributed by atoms with E-state index in [9.17, 15) is 0 Å². The van der Waals surface area contributed by atoms with Gasteiger partial charge in [-0.05, 0) is 25.2 Å². The predicted octanol–water partition coefficient (Wildman–Crippen LogP) is 1.52. The highest BCUT2D eigenvalue weighted by molar-refractivity contribution is 4.87. The van der Waals surface area contributed by atoms with Crippen LogP contribution < -0.4 is 5.73 Å². The number of hydrogen-bond acceptors (Lipinski definition) is 2. The molecule has 0 saturated carbocycles. The smallest absolute Gasteiger partial charge is 0.0476 e. The molecular weight excluding hydrogens is 138 g/mol. The Hall–Kier alpha value is -0.0800. The van der Waals surface area contributed by atoms with Crippen molar-refractivity contribution in [2.75, 3.05) is 6.61 Å². The van der Waals surface area contributed by atoms with Crippen LogP contribution in [0.15, 0.2) is 0 Å². The highest BCUT2D eigenvalue weighted by Crippen LogP contribution is 2.24. The van der Waals surface area contributed by atoms with E-state index in [1.165, 1.54) is 0 Å². The molecule has 0 aromatic rings. The van der Waals surface area contributed by atoms with E-state index in [1.807, 2.05) is 0 Å². The van der Waals surface area contributed by atoms with Gasteiger partial charge in [0.25, 0.3) is 0 Å². The molecule has 3 N–H and O–H groups in total. The van der Waals surface area contributed by atoms with Crippen molar-refractivity contribution in [1.29, 1.82) is 0 Å². The molecule has 0 amide bonds. The molecule has 1 unspecified atom stereocenters.